The number of para-hydroxylation sites is 1. The van der Waals surface area contributed by atoms with Crippen LogP contribution in [0.2, 0.25) is 0 Å². The zero-order chi connectivity index (χ0) is 15.5. The molecule has 22 heavy (non-hydrogen) atoms. The summed E-state index contributed by atoms with van der Waals surface area (Å²) < 4.78 is 5.89. The number of thiazole rings is 1. The van der Waals surface area contributed by atoms with Gasteiger partial charge in [-0.15, -0.1) is 0 Å². The Labute approximate surface area is 132 Å². The molecule has 2 heterocycles. The lowest BCUT2D eigenvalue weighted by Gasteiger charge is -2.23. The number of hydrogen-bond acceptors (Lipinski definition) is 5. The Hall–Kier alpha value is -1.99. The summed E-state index contributed by atoms with van der Waals surface area (Å²) in [6, 6.07) is 7.29. The largest absolute Gasteiger partial charge is 0.375 e. The second-order valence-electron chi connectivity index (χ2n) is 5.15. The standard InChI is InChI=1S/C15H17N3O3S/c1-21-9-13(19)18-8-4-6-11(18)14(20)17-15-16-10-5-2-3-7-12(10)22-15/h2-3,5,7,11H,4,6,8-9H2,1H3,(H,16,17,20)/t11-/m1/s1. The number of nitrogens with one attached hydrogen (secondary N) is 1. The van der Waals surface area contributed by atoms with Gasteiger partial charge in [0.05, 0.1) is 10.2 Å². The van der Waals surface area contributed by atoms with Gasteiger partial charge in [-0.05, 0) is 25.0 Å². The Morgan fingerprint density at radius 2 is 2.27 bits per heavy atom. The van der Waals surface area contributed by atoms with Gasteiger partial charge >= 0.3 is 0 Å². The second-order valence-corrected chi connectivity index (χ2v) is 6.18. The van der Waals surface area contributed by atoms with Crippen LogP contribution < -0.4 is 5.32 Å². The van der Waals surface area contributed by atoms with Gasteiger partial charge in [-0.25, -0.2) is 4.98 Å². The first kappa shape index (κ1) is 14.9. The average molecular weight is 319 g/mol. The maximum atomic E-state index is 12.4. The van der Waals surface area contributed by atoms with Crippen molar-refractivity contribution < 1.29 is 14.3 Å². The van der Waals surface area contributed by atoms with E-state index in [0.29, 0.717) is 18.1 Å². The highest BCUT2D eigenvalue weighted by Crippen LogP contribution is 2.26. The van der Waals surface area contributed by atoms with Crippen molar-refractivity contribution in [3.05, 3.63) is 24.3 Å². The minimum atomic E-state index is -0.435. The highest BCUT2D eigenvalue weighted by molar-refractivity contribution is 7.22. The summed E-state index contributed by atoms with van der Waals surface area (Å²) in [6.07, 6.45) is 1.50. The molecular formula is C15H17N3O3S. The number of fused-ring (bicyclic) bond motifs is 1. The Balaban J connectivity index is 1.71. The molecular weight excluding hydrogens is 302 g/mol. The molecule has 1 saturated heterocycles. The third kappa shape index (κ3) is 2.95. The number of benzene rings is 1. The fourth-order valence-corrected chi connectivity index (χ4v) is 3.53. The molecule has 116 valence electrons. The van der Waals surface area contributed by atoms with Crippen LogP contribution in [0.25, 0.3) is 10.2 Å². The SMILES string of the molecule is COCC(=O)N1CCC[C@@H]1C(=O)Nc1nc2ccccc2s1. The van der Waals surface area contributed by atoms with Crippen molar-refractivity contribution >= 4 is 38.5 Å². The molecule has 0 unspecified atom stereocenters. The fraction of sp³-hybridized carbons (Fsp3) is 0.400. The first-order chi connectivity index (χ1) is 10.7. The Morgan fingerprint density at radius 3 is 3.05 bits per heavy atom. The van der Waals surface area contributed by atoms with Gasteiger partial charge < -0.3 is 15.0 Å². The van der Waals surface area contributed by atoms with Crippen LogP contribution in [0.1, 0.15) is 12.8 Å². The Bertz CT molecular complexity index is 667. The molecule has 1 aromatic carbocycles. The molecule has 1 fully saturated rings. The van der Waals surface area contributed by atoms with E-state index in [2.05, 4.69) is 10.3 Å². The number of ether oxygens (including phenoxy) is 1. The number of amides is 2. The number of anilines is 1. The van der Waals surface area contributed by atoms with E-state index in [1.807, 2.05) is 24.3 Å². The zero-order valence-electron chi connectivity index (χ0n) is 12.2. The Kier molecular flexibility index (Phi) is 4.35. The van der Waals surface area contributed by atoms with E-state index < -0.39 is 6.04 Å². The van der Waals surface area contributed by atoms with Gasteiger partial charge in [-0.3, -0.25) is 9.59 Å². The zero-order valence-corrected chi connectivity index (χ0v) is 13.1. The molecule has 0 bridgehead atoms. The van der Waals surface area contributed by atoms with Gasteiger partial charge in [-0.1, -0.05) is 23.5 Å². The van der Waals surface area contributed by atoms with Crippen molar-refractivity contribution in [2.24, 2.45) is 0 Å². The summed E-state index contributed by atoms with van der Waals surface area (Å²) in [6.45, 7) is 0.602. The van der Waals surface area contributed by atoms with E-state index in [-0.39, 0.29) is 18.4 Å². The molecule has 1 aromatic heterocycles. The van der Waals surface area contributed by atoms with Crippen molar-refractivity contribution in [1.29, 1.82) is 0 Å². The number of carbonyl (C=O) groups excluding carboxylic acids is 2. The molecule has 1 atom stereocenters. The van der Waals surface area contributed by atoms with Crippen LogP contribution >= 0.6 is 11.3 Å². The predicted octanol–water partition coefficient (Wildman–Crippen LogP) is 1.87. The lowest BCUT2D eigenvalue weighted by molar-refractivity contribution is -0.139. The van der Waals surface area contributed by atoms with Crippen LogP contribution in [0.3, 0.4) is 0 Å². The normalized spacial score (nSPS) is 17.9. The number of hydrogen-bond donors (Lipinski definition) is 1. The summed E-state index contributed by atoms with van der Waals surface area (Å²) in [4.78, 5) is 30.4. The fourth-order valence-electron chi connectivity index (χ4n) is 2.66. The maximum absolute atomic E-state index is 12.4. The number of aromatic nitrogens is 1. The van der Waals surface area contributed by atoms with Crippen LogP contribution in [0, 0.1) is 0 Å². The monoisotopic (exact) mass is 319 g/mol. The van der Waals surface area contributed by atoms with Crippen molar-refractivity contribution in [3.63, 3.8) is 0 Å². The van der Waals surface area contributed by atoms with Gasteiger partial charge in [0.1, 0.15) is 12.6 Å². The van der Waals surface area contributed by atoms with Gasteiger partial charge in [0.25, 0.3) is 0 Å². The molecule has 3 rings (SSSR count). The minimum absolute atomic E-state index is 0.00488. The minimum Gasteiger partial charge on any atom is -0.375 e. The number of methoxy groups -OCH3 is 1. The number of nitrogens with zero attached hydrogens (tertiary/aromatic N) is 2. The summed E-state index contributed by atoms with van der Waals surface area (Å²) >= 11 is 1.43. The summed E-state index contributed by atoms with van der Waals surface area (Å²) in [5.74, 6) is -0.328. The lowest BCUT2D eigenvalue weighted by Crippen LogP contribution is -2.44. The summed E-state index contributed by atoms with van der Waals surface area (Å²) in [5, 5.41) is 3.40. The van der Waals surface area contributed by atoms with E-state index in [4.69, 9.17) is 4.74 Å². The predicted molar refractivity (Wildman–Crippen MR) is 84.9 cm³/mol. The quantitative estimate of drug-likeness (QED) is 0.934. The van der Waals surface area contributed by atoms with Gasteiger partial charge in [0, 0.05) is 13.7 Å². The molecule has 0 radical (unpaired) electrons. The van der Waals surface area contributed by atoms with Crippen LogP contribution in [0.5, 0.6) is 0 Å². The first-order valence-electron chi connectivity index (χ1n) is 7.14. The molecule has 1 aliphatic heterocycles. The van der Waals surface area contributed by atoms with Crippen LogP contribution in [0.4, 0.5) is 5.13 Å². The molecule has 6 nitrogen and oxygen atoms in total. The average Bonchev–Trinajstić information content (AvgIpc) is 3.13. The van der Waals surface area contributed by atoms with Crippen molar-refractivity contribution in [2.75, 3.05) is 25.6 Å². The maximum Gasteiger partial charge on any atom is 0.249 e. The molecule has 2 aromatic rings. The lowest BCUT2D eigenvalue weighted by atomic mass is 10.2. The number of carbonyl (C=O) groups is 2. The molecule has 2 amide bonds. The van der Waals surface area contributed by atoms with Crippen molar-refractivity contribution in [1.82, 2.24) is 9.88 Å². The van der Waals surface area contributed by atoms with E-state index in [1.54, 1.807) is 4.90 Å². The summed E-state index contributed by atoms with van der Waals surface area (Å²) in [7, 11) is 1.48. The highest BCUT2D eigenvalue weighted by Gasteiger charge is 2.34. The molecule has 1 aliphatic rings. The number of likely N-dealkylation sites (tertiary alicyclic amines) is 1. The molecule has 1 N–H and O–H groups in total. The second kappa shape index (κ2) is 6.41. The Morgan fingerprint density at radius 1 is 1.45 bits per heavy atom. The van der Waals surface area contributed by atoms with Crippen molar-refractivity contribution in [3.8, 4) is 0 Å². The van der Waals surface area contributed by atoms with Crippen molar-refractivity contribution in [2.45, 2.75) is 18.9 Å². The molecule has 7 heteroatoms. The van der Waals surface area contributed by atoms with E-state index >= 15 is 0 Å². The number of rotatable bonds is 4. The van der Waals surface area contributed by atoms with Gasteiger partial charge in [-0.2, -0.15) is 0 Å². The first-order valence-corrected chi connectivity index (χ1v) is 7.95. The van der Waals surface area contributed by atoms with E-state index in [0.717, 1.165) is 16.6 Å². The third-order valence-electron chi connectivity index (χ3n) is 3.67. The van der Waals surface area contributed by atoms with Crippen LogP contribution in [-0.4, -0.2) is 48.0 Å². The smallest absolute Gasteiger partial charge is 0.249 e. The highest BCUT2D eigenvalue weighted by atomic mass is 32.1. The van der Waals surface area contributed by atoms with E-state index in [1.165, 1.54) is 18.4 Å². The van der Waals surface area contributed by atoms with E-state index in [9.17, 15) is 9.59 Å². The van der Waals surface area contributed by atoms with Gasteiger partial charge in [0.15, 0.2) is 5.13 Å². The van der Waals surface area contributed by atoms with Gasteiger partial charge in [0.2, 0.25) is 11.8 Å². The topological polar surface area (TPSA) is 71.5 Å². The van der Waals surface area contributed by atoms with Crippen LogP contribution in [-0.2, 0) is 14.3 Å². The summed E-state index contributed by atoms with van der Waals surface area (Å²) in [5.41, 5.74) is 0.863. The molecule has 0 aliphatic carbocycles. The van der Waals surface area contributed by atoms with Crippen LogP contribution in [0.15, 0.2) is 24.3 Å². The molecule has 0 spiro atoms. The molecule has 0 saturated carbocycles. The third-order valence-corrected chi connectivity index (χ3v) is 4.62.